The molecule has 1 aromatic rings. The Labute approximate surface area is 179 Å². The number of hydrogen-bond donors (Lipinski definition) is 0. The summed E-state index contributed by atoms with van der Waals surface area (Å²) in [6.45, 7) is 11.1. The van der Waals surface area contributed by atoms with E-state index >= 15 is 0 Å². The maximum atomic E-state index is 12.0. The van der Waals surface area contributed by atoms with Crippen LogP contribution in [0, 0.1) is 0 Å². The van der Waals surface area contributed by atoms with Crippen molar-refractivity contribution in [2.24, 2.45) is 0 Å². The maximum Gasteiger partial charge on any atom is 0.373 e. The van der Waals surface area contributed by atoms with Gasteiger partial charge < -0.3 is 0 Å². The summed E-state index contributed by atoms with van der Waals surface area (Å²) in [7, 11) is -1.59. The highest BCUT2D eigenvalue weighted by molar-refractivity contribution is 6.93. The molecule has 0 unspecified atom stereocenters. The molecule has 0 N–H and O–H groups in total. The van der Waals surface area contributed by atoms with E-state index < -0.39 is 14.0 Å². The molecule has 0 aliphatic heterocycles. The third kappa shape index (κ3) is 11.4. The minimum absolute atomic E-state index is 0.423. The van der Waals surface area contributed by atoms with Crippen LogP contribution in [0.1, 0.15) is 94.3 Å². The van der Waals surface area contributed by atoms with Gasteiger partial charge in [-0.05, 0) is 18.6 Å². The molecule has 0 amide bonds. The van der Waals surface area contributed by atoms with Crippen LogP contribution in [-0.4, -0.2) is 20.7 Å². The lowest BCUT2D eigenvalue weighted by molar-refractivity contribution is -0.241. The average molecular weight is 419 g/mol. The third-order valence-corrected chi connectivity index (χ3v) is 8.43. The highest BCUT2D eigenvalue weighted by atomic mass is 28.3. The zero-order valence-corrected chi connectivity index (χ0v) is 20.0. The minimum atomic E-state index is -1.59. The van der Waals surface area contributed by atoms with Gasteiger partial charge in [0, 0.05) is 0 Å². The predicted molar refractivity (Wildman–Crippen MR) is 126 cm³/mol. The summed E-state index contributed by atoms with van der Waals surface area (Å²) in [5.41, 5.74) is 2.57. The summed E-state index contributed by atoms with van der Waals surface area (Å²) < 4.78 is 0. The fourth-order valence-corrected chi connectivity index (χ4v) is 4.56. The number of carbonyl (C=O) groups is 1. The Morgan fingerprint density at radius 2 is 1.34 bits per heavy atom. The summed E-state index contributed by atoms with van der Waals surface area (Å²) >= 11 is 0. The largest absolute Gasteiger partial charge is 0.373 e. The lowest BCUT2D eigenvalue weighted by atomic mass is 10.1. The van der Waals surface area contributed by atoms with Crippen molar-refractivity contribution in [1.82, 2.24) is 0 Å². The zero-order valence-electron chi connectivity index (χ0n) is 19.0. The molecule has 29 heavy (non-hydrogen) atoms. The van der Waals surface area contributed by atoms with Crippen LogP contribution in [0.15, 0.2) is 36.5 Å². The molecule has 0 saturated carbocycles. The molecule has 164 valence electrons. The Morgan fingerprint density at radius 3 is 1.83 bits per heavy atom. The monoisotopic (exact) mass is 418 g/mol. The van der Waals surface area contributed by atoms with Gasteiger partial charge in [-0.2, -0.15) is 4.89 Å². The van der Waals surface area contributed by atoms with Crippen LogP contribution in [0.25, 0.3) is 0 Å². The first kappa shape index (κ1) is 25.6. The van der Waals surface area contributed by atoms with Crippen LogP contribution < -0.4 is 5.19 Å². The fourth-order valence-electron chi connectivity index (χ4n) is 3.30. The molecule has 4 heteroatoms. The Bertz CT molecular complexity index is 566. The molecule has 0 aromatic heterocycles. The molecular formula is C25H42O3Si. The average Bonchev–Trinajstić information content (AvgIpc) is 2.74. The van der Waals surface area contributed by atoms with Crippen LogP contribution >= 0.6 is 0 Å². The molecule has 0 aliphatic rings. The van der Waals surface area contributed by atoms with Crippen molar-refractivity contribution < 1.29 is 14.6 Å². The molecule has 0 fully saturated rings. The zero-order chi connectivity index (χ0) is 21.4. The highest BCUT2D eigenvalue weighted by Gasteiger charge is 2.19. The third-order valence-electron chi connectivity index (χ3n) is 5.59. The number of unbranched alkanes of at least 4 members (excludes halogenated alkanes) is 11. The van der Waals surface area contributed by atoms with Gasteiger partial charge in [0.1, 0.15) is 8.07 Å². The van der Waals surface area contributed by atoms with E-state index in [0.717, 1.165) is 12.8 Å². The van der Waals surface area contributed by atoms with E-state index in [1.54, 1.807) is 0 Å². The Balaban J connectivity index is 2.01. The van der Waals surface area contributed by atoms with Crippen LogP contribution in [0.2, 0.25) is 13.1 Å². The molecule has 0 spiro atoms. The van der Waals surface area contributed by atoms with E-state index in [2.05, 4.69) is 26.6 Å². The summed E-state index contributed by atoms with van der Waals surface area (Å²) in [6.07, 6.45) is 15.6. The van der Waals surface area contributed by atoms with Gasteiger partial charge in [0.25, 0.3) is 0 Å². The van der Waals surface area contributed by atoms with E-state index in [0.29, 0.717) is 12.2 Å². The molecule has 0 saturated heterocycles. The number of carbonyl (C=O) groups excluding carboxylic acids is 1. The standard InChI is InChI=1S/C25H42O3Si/c1-5-7-8-9-10-11-12-13-14-15-16-17-22-27-28-25(26)23-18-20-24(21-19-23)29(3,4)6-2/h6,18-21H,2,5,7-17,22H2,1,3-4H3. The van der Waals surface area contributed by atoms with E-state index in [9.17, 15) is 4.79 Å². The Hall–Kier alpha value is -1.39. The van der Waals surface area contributed by atoms with Crippen molar-refractivity contribution in [3.8, 4) is 0 Å². The van der Waals surface area contributed by atoms with Crippen LogP contribution in [-0.2, 0) is 9.78 Å². The Kier molecular flexibility index (Phi) is 13.7. The molecule has 0 bridgehead atoms. The van der Waals surface area contributed by atoms with Crippen LogP contribution in [0.5, 0.6) is 0 Å². The Morgan fingerprint density at radius 1 is 0.862 bits per heavy atom. The van der Waals surface area contributed by atoms with Gasteiger partial charge in [-0.15, -0.1) is 6.58 Å². The van der Waals surface area contributed by atoms with Gasteiger partial charge in [0.05, 0.1) is 12.2 Å². The molecule has 0 radical (unpaired) electrons. The number of benzene rings is 1. The maximum absolute atomic E-state index is 12.0. The number of hydrogen-bond acceptors (Lipinski definition) is 3. The van der Waals surface area contributed by atoms with Crippen molar-refractivity contribution in [3.63, 3.8) is 0 Å². The molecule has 0 heterocycles. The number of rotatable bonds is 17. The smallest absolute Gasteiger partial charge is 0.293 e. The van der Waals surface area contributed by atoms with E-state index in [-0.39, 0.29) is 0 Å². The van der Waals surface area contributed by atoms with Crippen molar-refractivity contribution in [3.05, 3.63) is 42.1 Å². The summed E-state index contributed by atoms with van der Waals surface area (Å²) in [4.78, 5) is 22.1. The molecule has 3 nitrogen and oxygen atoms in total. The van der Waals surface area contributed by atoms with Crippen molar-refractivity contribution in [2.75, 3.05) is 6.61 Å². The van der Waals surface area contributed by atoms with E-state index in [1.807, 2.05) is 30.0 Å². The molecule has 0 aliphatic carbocycles. The predicted octanol–water partition coefficient (Wildman–Crippen LogP) is 7.12. The summed E-state index contributed by atoms with van der Waals surface area (Å²) in [6, 6.07) is 7.61. The topological polar surface area (TPSA) is 35.5 Å². The minimum Gasteiger partial charge on any atom is -0.293 e. The lowest BCUT2D eigenvalue weighted by Crippen LogP contribution is -2.39. The summed E-state index contributed by atoms with van der Waals surface area (Å²) in [5, 5.41) is 1.25. The molecule has 1 aromatic carbocycles. The van der Waals surface area contributed by atoms with Crippen molar-refractivity contribution in [1.29, 1.82) is 0 Å². The van der Waals surface area contributed by atoms with Crippen LogP contribution in [0.3, 0.4) is 0 Å². The fraction of sp³-hybridized carbons (Fsp3) is 0.640. The normalized spacial score (nSPS) is 11.4. The van der Waals surface area contributed by atoms with Crippen molar-refractivity contribution >= 4 is 19.2 Å². The SMILES string of the molecule is C=C[Si](C)(C)c1ccc(C(=O)OOCCCCCCCCCCCCCC)cc1. The van der Waals surface area contributed by atoms with Gasteiger partial charge in [0.15, 0.2) is 0 Å². The van der Waals surface area contributed by atoms with Gasteiger partial charge in [-0.3, -0.25) is 4.89 Å². The first-order valence-electron chi connectivity index (χ1n) is 11.6. The molecule has 1 rings (SSSR count). The van der Waals surface area contributed by atoms with Gasteiger partial charge >= 0.3 is 5.97 Å². The highest BCUT2D eigenvalue weighted by Crippen LogP contribution is 2.12. The second kappa shape index (κ2) is 15.4. The van der Waals surface area contributed by atoms with Gasteiger partial charge in [0.2, 0.25) is 0 Å². The second-order valence-electron chi connectivity index (χ2n) is 8.59. The van der Waals surface area contributed by atoms with Gasteiger partial charge in [-0.1, -0.05) is 114 Å². The summed E-state index contributed by atoms with van der Waals surface area (Å²) in [5.74, 6) is -0.423. The van der Waals surface area contributed by atoms with Crippen LogP contribution in [0.4, 0.5) is 0 Å². The first-order chi connectivity index (χ1) is 14.0. The quantitative estimate of drug-likeness (QED) is 0.117. The van der Waals surface area contributed by atoms with E-state index in [1.165, 1.54) is 69.4 Å². The van der Waals surface area contributed by atoms with E-state index in [4.69, 9.17) is 9.78 Å². The second-order valence-corrected chi connectivity index (χ2v) is 13.0. The van der Waals surface area contributed by atoms with Crippen molar-refractivity contribution in [2.45, 2.75) is 97.1 Å². The molecular weight excluding hydrogens is 376 g/mol. The molecule has 0 atom stereocenters. The van der Waals surface area contributed by atoms with Gasteiger partial charge in [-0.25, -0.2) is 4.79 Å². The lowest BCUT2D eigenvalue weighted by Gasteiger charge is -2.17. The first-order valence-corrected chi connectivity index (χ1v) is 14.7.